The molecule has 2 rings (SSSR count). The predicted molar refractivity (Wildman–Crippen MR) is 79.2 cm³/mol. The zero-order valence-corrected chi connectivity index (χ0v) is 11.9. The van der Waals surface area contributed by atoms with Gasteiger partial charge in [-0.2, -0.15) is 0 Å². The Labute approximate surface area is 115 Å². The Hall–Kier alpha value is -1.35. The maximum atomic E-state index is 11.8. The Morgan fingerprint density at radius 2 is 2.21 bits per heavy atom. The Balaban J connectivity index is 1.70. The lowest BCUT2D eigenvalue weighted by molar-refractivity contribution is -0.115. The second-order valence-electron chi connectivity index (χ2n) is 5.72. The number of anilines is 1. The summed E-state index contributed by atoms with van der Waals surface area (Å²) in [6.45, 7) is 5.70. The van der Waals surface area contributed by atoms with Crippen LogP contribution in [0.5, 0.6) is 0 Å². The van der Waals surface area contributed by atoms with Crippen LogP contribution in [0.15, 0.2) is 24.3 Å². The summed E-state index contributed by atoms with van der Waals surface area (Å²) in [6.07, 6.45) is 3.97. The Bertz CT molecular complexity index is 431. The van der Waals surface area contributed by atoms with Crippen molar-refractivity contribution in [3.63, 3.8) is 0 Å². The molecule has 1 aliphatic carbocycles. The van der Waals surface area contributed by atoms with Crippen molar-refractivity contribution in [2.24, 2.45) is 11.8 Å². The van der Waals surface area contributed by atoms with Gasteiger partial charge in [0.15, 0.2) is 0 Å². The first-order valence-electron chi connectivity index (χ1n) is 7.22. The lowest BCUT2D eigenvalue weighted by atomic mass is 9.98. The summed E-state index contributed by atoms with van der Waals surface area (Å²) in [4.78, 5) is 11.8. The number of carbonyl (C=O) groups excluding carboxylic acids is 1. The van der Waals surface area contributed by atoms with Crippen LogP contribution in [0.2, 0.25) is 0 Å². The number of hydrogen-bond donors (Lipinski definition) is 2. The van der Waals surface area contributed by atoms with Gasteiger partial charge in [-0.05, 0) is 49.4 Å². The minimum Gasteiger partial charge on any atom is -0.325 e. The van der Waals surface area contributed by atoms with Gasteiger partial charge in [-0.25, -0.2) is 0 Å². The number of amides is 1. The van der Waals surface area contributed by atoms with Gasteiger partial charge < -0.3 is 10.6 Å². The molecule has 1 amide bonds. The van der Waals surface area contributed by atoms with Gasteiger partial charge in [0.05, 0.1) is 6.54 Å². The smallest absolute Gasteiger partial charge is 0.238 e. The van der Waals surface area contributed by atoms with E-state index in [0.717, 1.165) is 29.6 Å². The first-order valence-corrected chi connectivity index (χ1v) is 7.22. The van der Waals surface area contributed by atoms with Crippen molar-refractivity contribution < 1.29 is 4.79 Å². The molecule has 19 heavy (non-hydrogen) atoms. The second-order valence-corrected chi connectivity index (χ2v) is 5.72. The van der Waals surface area contributed by atoms with Gasteiger partial charge in [0, 0.05) is 5.69 Å². The van der Waals surface area contributed by atoms with Crippen molar-refractivity contribution in [2.45, 2.75) is 33.1 Å². The molecule has 0 aliphatic heterocycles. The molecule has 0 bridgehead atoms. The average Bonchev–Trinajstić information content (AvgIpc) is 2.75. The molecular weight excluding hydrogens is 236 g/mol. The molecule has 1 aromatic rings. The van der Waals surface area contributed by atoms with Crippen molar-refractivity contribution in [3.05, 3.63) is 29.8 Å². The topological polar surface area (TPSA) is 41.1 Å². The molecule has 0 spiro atoms. The monoisotopic (exact) mass is 260 g/mol. The van der Waals surface area contributed by atoms with Gasteiger partial charge >= 0.3 is 0 Å². The maximum absolute atomic E-state index is 11.8. The summed E-state index contributed by atoms with van der Waals surface area (Å²) < 4.78 is 0. The van der Waals surface area contributed by atoms with Crippen molar-refractivity contribution in [1.29, 1.82) is 0 Å². The molecule has 1 aliphatic rings. The molecule has 0 radical (unpaired) electrons. The number of aryl methyl sites for hydroxylation is 1. The van der Waals surface area contributed by atoms with Crippen LogP contribution in [-0.4, -0.2) is 19.0 Å². The van der Waals surface area contributed by atoms with E-state index in [0.29, 0.717) is 6.54 Å². The standard InChI is InChI=1S/C16H24N2O/c1-12-5-3-8-15(9-12)18-16(19)11-17-10-14-7-4-6-13(14)2/h3,5,8-9,13-14,17H,4,6-7,10-11H2,1-2H3,(H,18,19). The number of hydrogen-bond acceptors (Lipinski definition) is 2. The molecule has 3 nitrogen and oxygen atoms in total. The number of rotatable bonds is 5. The fourth-order valence-corrected chi connectivity index (χ4v) is 2.82. The van der Waals surface area contributed by atoms with Crippen LogP contribution in [0, 0.1) is 18.8 Å². The van der Waals surface area contributed by atoms with Crippen molar-refractivity contribution in [2.75, 3.05) is 18.4 Å². The zero-order valence-electron chi connectivity index (χ0n) is 11.9. The molecule has 104 valence electrons. The molecule has 2 atom stereocenters. The Kier molecular flexibility index (Phi) is 4.97. The molecule has 2 unspecified atom stereocenters. The fourth-order valence-electron chi connectivity index (χ4n) is 2.82. The number of carbonyl (C=O) groups is 1. The SMILES string of the molecule is Cc1cccc(NC(=O)CNCC2CCCC2C)c1. The highest BCUT2D eigenvalue weighted by Crippen LogP contribution is 2.30. The molecule has 1 aromatic carbocycles. The first-order chi connectivity index (χ1) is 9.15. The molecule has 2 N–H and O–H groups in total. The van der Waals surface area contributed by atoms with E-state index in [9.17, 15) is 4.79 Å². The fraction of sp³-hybridized carbons (Fsp3) is 0.562. The summed E-state index contributed by atoms with van der Waals surface area (Å²) in [7, 11) is 0. The van der Waals surface area contributed by atoms with E-state index in [1.165, 1.54) is 19.3 Å². The second kappa shape index (κ2) is 6.71. The van der Waals surface area contributed by atoms with E-state index in [1.807, 2.05) is 31.2 Å². The average molecular weight is 260 g/mol. The van der Waals surface area contributed by atoms with Crippen LogP contribution >= 0.6 is 0 Å². The lowest BCUT2D eigenvalue weighted by Crippen LogP contribution is -2.32. The molecule has 3 heteroatoms. The van der Waals surface area contributed by atoms with E-state index in [-0.39, 0.29) is 5.91 Å². The third kappa shape index (κ3) is 4.35. The van der Waals surface area contributed by atoms with Gasteiger partial charge in [-0.3, -0.25) is 4.79 Å². The summed E-state index contributed by atoms with van der Waals surface area (Å²) in [5.41, 5.74) is 2.03. The van der Waals surface area contributed by atoms with Crippen molar-refractivity contribution >= 4 is 11.6 Å². The predicted octanol–water partition coefficient (Wildman–Crippen LogP) is 2.96. The highest BCUT2D eigenvalue weighted by atomic mass is 16.1. The van der Waals surface area contributed by atoms with E-state index in [2.05, 4.69) is 17.6 Å². The van der Waals surface area contributed by atoms with E-state index in [1.54, 1.807) is 0 Å². The van der Waals surface area contributed by atoms with Crippen LogP contribution in [-0.2, 0) is 4.79 Å². The molecule has 0 saturated heterocycles. The lowest BCUT2D eigenvalue weighted by Gasteiger charge is -2.15. The minimum absolute atomic E-state index is 0.0382. The highest BCUT2D eigenvalue weighted by molar-refractivity contribution is 5.92. The van der Waals surface area contributed by atoms with Gasteiger partial charge in [0.1, 0.15) is 0 Å². The summed E-state index contributed by atoms with van der Waals surface area (Å²) in [6, 6.07) is 7.88. The van der Waals surface area contributed by atoms with Crippen LogP contribution in [0.3, 0.4) is 0 Å². The van der Waals surface area contributed by atoms with Gasteiger partial charge in [0.2, 0.25) is 5.91 Å². The van der Waals surface area contributed by atoms with Gasteiger partial charge in [-0.1, -0.05) is 31.9 Å². The van der Waals surface area contributed by atoms with Crippen LogP contribution in [0.1, 0.15) is 31.7 Å². The molecule has 0 heterocycles. The van der Waals surface area contributed by atoms with Gasteiger partial charge in [0.25, 0.3) is 0 Å². The van der Waals surface area contributed by atoms with Gasteiger partial charge in [-0.15, -0.1) is 0 Å². The molecule has 1 saturated carbocycles. The van der Waals surface area contributed by atoms with Crippen LogP contribution < -0.4 is 10.6 Å². The number of nitrogens with one attached hydrogen (secondary N) is 2. The van der Waals surface area contributed by atoms with Crippen molar-refractivity contribution in [1.82, 2.24) is 5.32 Å². The van der Waals surface area contributed by atoms with E-state index >= 15 is 0 Å². The zero-order chi connectivity index (χ0) is 13.7. The first kappa shape index (κ1) is 14.1. The van der Waals surface area contributed by atoms with Crippen molar-refractivity contribution in [3.8, 4) is 0 Å². The Morgan fingerprint density at radius 3 is 2.89 bits per heavy atom. The molecule has 1 fully saturated rings. The quantitative estimate of drug-likeness (QED) is 0.854. The number of benzene rings is 1. The minimum atomic E-state index is 0.0382. The third-order valence-electron chi connectivity index (χ3n) is 4.03. The van der Waals surface area contributed by atoms with E-state index in [4.69, 9.17) is 0 Å². The normalized spacial score (nSPS) is 22.4. The summed E-state index contributed by atoms with van der Waals surface area (Å²) >= 11 is 0. The summed E-state index contributed by atoms with van der Waals surface area (Å²) in [5.74, 6) is 1.58. The molecular formula is C16H24N2O. The summed E-state index contributed by atoms with van der Waals surface area (Å²) in [5, 5.41) is 6.20. The maximum Gasteiger partial charge on any atom is 0.238 e. The largest absolute Gasteiger partial charge is 0.325 e. The van der Waals surface area contributed by atoms with E-state index < -0.39 is 0 Å². The third-order valence-corrected chi connectivity index (χ3v) is 4.03. The van der Waals surface area contributed by atoms with Crippen LogP contribution in [0.25, 0.3) is 0 Å². The Morgan fingerprint density at radius 1 is 1.37 bits per heavy atom. The molecule has 0 aromatic heterocycles. The van der Waals surface area contributed by atoms with Crippen LogP contribution in [0.4, 0.5) is 5.69 Å². The highest BCUT2D eigenvalue weighted by Gasteiger charge is 2.22.